The van der Waals surface area contributed by atoms with Gasteiger partial charge in [-0.15, -0.1) is 0 Å². The van der Waals surface area contributed by atoms with E-state index in [-0.39, 0.29) is 6.04 Å². The summed E-state index contributed by atoms with van der Waals surface area (Å²) in [5.41, 5.74) is 10.1. The molecule has 1 aromatic carbocycles. The van der Waals surface area contributed by atoms with Crippen molar-refractivity contribution in [3.63, 3.8) is 0 Å². The Labute approximate surface area is 91.9 Å². The average Bonchev–Trinajstić information content (AvgIpc) is 2.17. The van der Waals surface area contributed by atoms with Gasteiger partial charge in [-0.1, -0.05) is 6.07 Å². The molecule has 0 radical (unpaired) electrons. The zero-order valence-electron chi connectivity index (χ0n) is 9.59. The van der Waals surface area contributed by atoms with Crippen molar-refractivity contribution in [2.75, 3.05) is 5.32 Å². The number of nitrogens with one attached hydrogen (secondary N) is 1. The minimum Gasteiger partial charge on any atom is -0.383 e. The first-order chi connectivity index (χ1) is 7.16. The molecule has 0 saturated heterocycles. The topological polar surface area (TPSA) is 38.0 Å². The van der Waals surface area contributed by atoms with E-state index in [2.05, 4.69) is 37.4 Å². The maximum Gasteiger partial charge on any atom is 0.0345 e. The van der Waals surface area contributed by atoms with Gasteiger partial charge < -0.3 is 11.1 Å². The molecule has 1 aromatic rings. The maximum absolute atomic E-state index is 6.08. The lowest BCUT2D eigenvalue weighted by Crippen LogP contribution is -2.18. The molecule has 2 heteroatoms. The average molecular weight is 204 g/mol. The van der Waals surface area contributed by atoms with E-state index in [4.69, 9.17) is 5.73 Å². The van der Waals surface area contributed by atoms with Gasteiger partial charge in [0.1, 0.15) is 0 Å². The van der Waals surface area contributed by atoms with Crippen LogP contribution in [-0.2, 0) is 6.42 Å². The largest absolute Gasteiger partial charge is 0.383 e. The lowest BCUT2D eigenvalue weighted by atomic mass is 9.88. The Morgan fingerprint density at radius 3 is 2.93 bits per heavy atom. The van der Waals surface area contributed by atoms with Crippen LogP contribution in [-0.4, -0.2) is 6.04 Å². The summed E-state index contributed by atoms with van der Waals surface area (Å²) in [6.07, 6.45) is 3.53. The lowest BCUT2D eigenvalue weighted by Gasteiger charge is -2.23. The molecule has 1 unspecified atom stereocenters. The first kappa shape index (κ1) is 10.5. The van der Waals surface area contributed by atoms with Crippen LogP contribution < -0.4 is 11.1 Å². The van der Waals surface area contributed by atoms with Crippen molar-refractivity contribution < 1.29 is 0 Å². The minimum absolute atomic E-state index is 0.252. The van der Waals surface area contributed by atoms with E-state index in [9.17, 15) is 0 Å². The van der Waals surface area contributed by atoms with E-state index >= 15 is 0 Å². The molecule has 0 aromatic heterocycles. The van der Waals surface area contributed by atoms with Crippen LogP contribution >= 0.6 is 0 Å². The van der Waals surface area contributed by atoms with Crippen LogP contribution in [0, 0.1) is 0 Å². The fraction of sp³-hybridized carbons (Fsp3) is 0.538. The Hall–Kier alpha value is -1.02. The fourth-order valence-corrected chi connectivity index (χ4v) is 2.28. The van der Waals surface area contributed by atoms with Gasteiger partial charge in [-0.25, -0.2) is 0 Å². The van der Waals surface area contributed by atoms with Gasteiger partial charge >= 0.3 is 0 Å². The SMILES string of the molecule is CC(C)Nc1ccc2c(c1)CCCC2N. The summed E-state index contributed by atoms with van der Waals surface area (Å²) in [7, 11) is 0. The highest BCUT2D eigenvalue weighted by molar-refractivity contribution is 5.50. The van der Waals surface area contributed by atoms with E-state index < -0.39 is 0 Å². The number of aryl methyl sites for hydroxylation is 1. The van der Waals surface area contributed by atoms with Gasteiger partial charge in [0, 0.05) is 17.8 Å². The number of hydrogen-bond acceptors (Lipinski definition) is 2. The van der Waals surface area contributed by atoms with Crippen molar-refractivity contribution in [2.45, 2.75) is 45.2 Å². The van der Waals surface area contributed by atoms with Crippen molar-refractivity contribution in [3.8, 4) is 0 Å². The Morgan fingerprint density at radius 2 is 2.20 bits per heavy atom. The van der Waals surface area contributed by atoms with Crippen molar-refractivity contribution >= 4 is 5.69 Å². The number of hydrogen-bond donors (Lipinski definition) is 2. The molecule has 1 atom stereocenters. The first-order valence-electron chi connectivity index (χ1n) is 5.82. The third kappa shape index (κ3) is 2.32. The molecule has 0 amide bonds. The molecule has 0 bridgehead atoms. The molecular weight excluding hydrogens is 184 g/mol. The zero-order valence-corrected chi connectivity index (χ0v) is 9.59. The van der Waals surface area contributed by atoms with Crippen LogP contribution in [0.5, 0.6) is 0 Å². The van der Waals surface area contributed by atoms with E-state index in [1.807, 2.05) is 0 Å². The maximum atomic E-state index is 6.08. The second-order valence-electron chi connectivity index (χ2n) is 4.71. The molecule has 3 N–H and O–H groups in total. The Bertz CT molecular complexity index is 344. The normalized spacial score (nSPS) is 20.1. The predicted molar refractivity (Wildman–Crippen MR) is 65.1 cm³/mol. The van der Waals surface area contributed by atoms with Gasteiger partial charge in [-0.3, -0.25) is 0 Å². The van der Waals surface area contributed by atoms with Crippen LogP contribution in [0.25, 0.3) is 0 Å². The van der Waals surface area contributed by atoms with Crippen LogP contribution in [0.2, 0.25) is 0 Å². The highest BCUT2D eigenvalue weighted by Crippen LogP contribution is 2.29. The van der Waals surface area contributed by atoms with Crippen molar-refractivity contribution in [1.82, 2.24) is 0 Å². The fourth-order valence-electron chi connectivity index (χ4n) is 2.28. The monoisotopic (exact) mass is 204 g/mol. The molecule has 0 spiro atoms. The van der Waals surface area contributed by atoms with Gasteiger partial charge in [0.15, 0.2) is 0 Å². The third-order valence-electron chi connectivity index (χ3n) is 2.96. The smallest absolute Gasteiger partial charge is 0.0345 e. The van der Waals surface area contributed by atoms with Crippen molar-refractivity contribution in [1.29, 1.82) is 0 Å². The molecule has 1 aliphatic rings. The number of benzene rings is 1. The zero-order chi connectivity index (χ0) is 10.8. The Balaban J connectivity index is 2.25. The number of rotatable bonds is 2. The Kier molecular flexibility index (Phi) is 2.96. The van der Waals surface area contributed by atoms with Gasteiger partial charge in [-0.2, -0.15) is 0 Å². The summed E-state index contributed by atoms with van der Waals surface area (Å²) >= 11 is 0. The molecule has 2 rings (SSSR count). The quantitative estimate of drug-likeness (QED) is 0.777. The Morgan fingerprint density at radius 1 is 1.40 bits per heavy atom. The number of anilines is 1. The summed E-state index contributed by atoms with van der Waals surface area (Å²) in [5.74, 6) is 0. The molecule has 0 fully saturated rings. The molecule has 0 aliphatic heterocycles. The summed E-state index contributed by atoms with van der Waals surface area (Å²) in [6.45, 7) is 4.32. The second kappa shape index (κ2) is 4.23. The molecule has 0 saturated carbocycles. The standard InChI is InChI=1S/C13H20N2/c1-9(2)15-11-6-7-12-10(8-11)4-3-5-13(12)14/h6-9,13,15H,3-5,14H2,1-2H3. The highest BCUT2D eigenvalue weighted by Gasteiger charge is 2.16. The summed E-state index contributed by atoms with van der Waals surface area (Å²) in [5, 5.41) is 3.43. The van der Waals surface area contributed by atoms with E-state index in [0.717, 1.165) is 6.42 Å². The molecule has 0 heterocycles. The van der Waals surface area contributed by atoms with Crippen LogP contribution in [0.4, 0.5) is 5.69 Å². The third-order valence-corrected chi connectivity index (χ3v) is 2.96. The van der Waals surface area contributed by atoms with Crippen molar-refractivity contribution in [3.05, 3.63) is 29.3 Å². The summed E-state index contributed by atoms with van der Waals surface area (Å²) in [6, 6.07) is 7.32. The summed E-state index contributed by atoms with van der Waals surface area (Å²) < 4.78 is 0. The van der Waals surface area contributed by atoms with Gasteiger partial charge in [0.2, 0.25) is 0 Å². The summed E-state index contributed by atoms with van der Waals surface area (Å²) in [4.78, 5) is 0. The highest BCUT2D eigenvalue weighted by atomic mass is 14.9. The van der Waals surface area contributed by atoms with E-state index in [1.54, 1.807) is 0 Å². The van der Waals surface area contributed by atoms with Crippen LogP contribution in [0.15, 0.2) is 18.2 Å². The first-order valence-corrected chi connectivity index (χ1v) is 5.82. The number of nitrogens with two attached hydrogens (primary N) is 1. The van der Waals surface area contributed by atoms with E-state index in [0.29, 0.717) is 6.04 Å². The number of fused-ring (bicyclic) bond motifs is 1. The van der Waals surface area contributed by atoms with Crippen molar-refractivity contribution in [2.24, 2.45) is 5.73 Å². The van der Waals surface area contributed by atoms with Crippen LogP contribution in [0.1, 0.15) is 43.9 Å². The molecule has 2 nitrogen and oxygen atoms in total. The molecule has 15 heavy (non-hydrogen) atoms. The predicted octanol–water partition coefficient (Wildman–Crippen LogP) is 2.84. The molecule has 1 aliphatic carbocycles. The van der Waals surface area contributed by atoms with Crippen LogP contribution in [0.3, 0.4) is 0 Å². The van der Waals surface area contributed by atoms with E-state index in [1.165, 1.54) is 29.7 Å². The van der Waals surface area contributed by atoms with Gasteiger partial charge in [0.05, 0.1) is 0 Å². The molecule has 82 valence electrons. The second-order valence-corrected chi connectivity index (χ2v) is 4.71. The molecular formula is C13H20N2. The minimum atomic E-state index is 0.252. The lowest BCUT2D eigenvalue weighted by molar-refractivity contribution is 0.570. The van der Waals surface area contributed by atoms with Gasteiger partial charge in [0.25, 0.3) is 0 Å². The van der Waals surface area contributed by atoms with Gasteiger partial charge in [-0.05, 0) is 56.4 Å².